The van der Waals surface area contributed by atoms with Gasteiger partial charge in [-0.1, -0.05) is 20.8 Å². The number of hydrogen-bond acceptors (Lipinski definition) is 1. The molecule has 86 valence electrons. The standard InChI is InChI=1S/C14H25N/c1-13(2)11-7-8-14(13,3)12-10(11)6-5-9-15(12)4/h10-12H,5-9H2,1-4H3. The van der Waals surface area contributed by atoms with Gasteiger partial charge in [-0.2, -0.15) is 0 Å². The summed E-state index contributed by atoms with van der Waals surface area (Å²) in [5.74, 6) is 2.02. The number of piperidine rings is 1. The van der Waals surface area contributed by atoms with E-state index in [1.165, 1.54) is 32.2 Å². The molecule has 2 saturated carbocycles. The van der Waals surface area contributed by atoms with Crippen molar-refractivity contribution in [3.63, 3.8) is 0 Å². The van der Waals surface area contributed by atoms with E-state index in [2.05, 4.69) is 32.7 Å². The third-order valence-corrected chi connectivity index (χ3v) is 6.47. The zero-order valence-electron chi connectivity index (χ0n) is 10.7. The lowest BCUT2D eigenvalue weighted by molar-refractivity contribution is 0.0185. The second-order valence-electron chi connectivity index (χ2n) is 7.02. The second kappa shape index (κ2) is 2.80. The maximum atomic E-state index is 2.68. The molecule has 1 heterocycles. The van der Waals surface area contributed by atoms with E-state index >= 15 is 0 Å². The van der Waals surface area contributed by atoms with Gasteiger partial charge < -0.3 is 4.90 Å². The predicted octanol–water partition coefficient (Wildman–Crippen LogP) is 3.15. The third-order valence-electron chi connectivity index (χ3n) is 6.47. The molecule has 4 unspecified atom stereocenters. The molecule has 1 heteroatoms. The number of rotatable bonds is 0. The summed E-state index contributed by atoms with van der Waals surface area (Å²) in [6.45, 7) is 8.98. The predicted molar refractivity (Wildman–Crippen MR) is 63.8 cm³/mol. The maximum Gasteiger partial charge on any atom is 0.0182 e. The van der Waals surface area contributed by atoms with Crippen molar-refractivity contribution in [1.29, 1.82) is 0 Å². The normalized spacial score (nSPS) is 53.2. The Bertz CT molecular complexity index is 283. The van der Waals surface area contributed by atoms with Crippen LogP contribution in [0.3, 0.4) is 0 Å². The molecule has 1 saturated heterocycles. The van der Waals surface area contributed by atoms with E-state index in [0.29, 0.717) is 10.8 Å². The van der Waals surface area contributed by atoms with Crippen LogP contribution in [-0.4, -0.2) is 24.5 Å². The third kappa shape index (κ3) is 0.988. The van der Waals surface area contributed by atoms with Crippen LogP contribution in [0.1, 0.15) is 46.5 Å². The van der Waals surface area contributed by atoms with Gasteiger partial charge in [0.05, 0.1) is 0 Å². The van der Waals surface area contributed by atoms with Crippen molar-refractivity contribution in [1.82, 2.24) is 4.90 Å². The van der Waals surface area contributed by atoms with Gasteiger partial charge in [-0.05, 0) is 61.9 Å². The summed E-state index contributed by atoms with van der Waals surface area (Å²) in [6.07, 6.45) is 5.90. The van der Waals surface area contributed by atoms with E-state index < -0.39 is 0 Å². The van der Waals surface area contributed by atoms with Gasteiger partial charge in [0.1, 0.15) is 0 Å². The number of likely N-dealkylation sites (tertiary alicyclic amines) is 1. The zero-order valence-corrected chi connectivity index (χ0v) is 10.7. The zero-order chi connectivity index (χ0) is 10.8. The van der Waals surface area contributed by atoms with Crippen LogP contribution in [0.2, 0.25) is 0 Å². The van der Waals surface area contributed by atoms with Gasteiger partial charge in [-0.15, -0.1) is 0 Å². The molecule has 0 spiro atoms. The minimum Gasteiger partial charge on any atom is -0.303 e. The Morgan fingerprint density at radius 3 is 2.53 bits per heavy atom. The van der Waals surface area contributed by atoms with Crippen molar-refractivity contribution in [2.45, 2.75) is 52.5 Å². The first-order chi connectivity index (χ1) is 6.98. The van der Waals surface area contributed by atoms with Crippen LogP contribution in [0.4, 0.5) is 0 Å². The van der Waals surface area contributed by atoms with Crippen molar-refractivity contribution in [3.8, 4) is 0 Å². The Morgan fingerprint density at radius 1 is 1.13 bits per heavy atom. The van der Waals surface area contributed by atoms with E-state index in [9.17, 15) is 0 Å². The van der Waals surface area contributed by atoms with Crippen LogP contribution in [0, 0.1) is 22.7 Å². The van der Waals surface area contributed by atoms with Gasteiger partial charge in [-0.3, -0.25) is 0 Å². The number of hydrogen-bond donors (Lipinski definition) is 0. The highest BCUT2D eigenvalue weighted by atomic mass is 15.2. The first-order valence-electron chi connectivity index (χ1n) is 6.69. The molecule has 2 bridgehead atoms. The summed E-state index contributed by atoms with van der Waals surface area (Å²) in [7, 11) is 2.36. The number of fused-ring (bicyclic) bond motifs is 5. The average Bonchev–Trinajstić information content (AvgIpc) is 2.48. The van der Waals surface area contributed by atoms with Crippen molar-refractivity contribution in [3.05, 3.63) is 0 Å². The summed E-state index contributed by atoms with van der Waals surface area (Å²) in [5, 5.41) is 0. The van der Waals surface area contributed by atoms with Crippen LogP contribution in [0.15, 0.2) is 0 Å². The molecule has 3 fully saturated rings. The smallest absolute Gasteiger partial charge is 0.0182 e. The molecule has 2 aliphatic carbocycles. The summed E-state index contributed by atoms with van der Waals surface area (Å²) < 4.78 is 0. The Labute approximate surface area is 94.2 Å². The van der Waals surface area contributed by atoms with Gasteiger partial charge >= 0.3 is 0 Å². The van der Waals surface area contributed by atoms with E-state index in [0.717, 1.165) is 17.9 Å². The topological polar surface area (TPSA) is 3.24 Å². The highest BCUT2D eigenvalue weighted by Crippen LogP contribution is 2.70. The molecule has 0 radical (unpaired) electrons. The van der Waals surface area contributed by atoms with Crippen LogP contribution in [-0.2, 0) is 0 Å². The summed E-state index contributed by atoms with van der Waals surface area (Å²) in [6, 6.07) is 0.889. The van der Waals surface area contributed by atoms with Crippen LogP contribution < -0.4 is 0 Å². The van der Waals surface area contributed by atoms with E-state index in [4.69, 9.17) is 0 Å². The summed E-state index contributed by atoms with van der Waals surface area (Å²) in [4.78, 5) is 2.68. The largest absolute Gasteiger partial charge is 0.303 e. The Balaban J connectivity index is 2.04. The molecule has 0 aromatic rings. The SMILES string of the molecule is CN1CCCC2C3CCC(C)(C21)C3(C)C. The maximum absolute atomic E-state index is 2.68. The molecule has 0 N–H and O–H groups in total. The molecule has 3 rings (SSSR count). The van der Waals surface area contributed by atoms with Gasteiger partial charge in [0.25, 0.3) is 0 Å². The molecule has 1 nitrogen and oxygen atoms in total. The summed E-state index contributed by atoms with van der Waals surface area (Å²) in [5.41, 5.74) is 1.18. The quantitative estimate of drug-likeness (QED) is 0.590. The molecule has 0 aromatic heterocycles. The Morgan fingerprint density at radius 2 is 1.87 bits per heavy atom. The first-order valence-corrected chi connectivity index (χ1v) is 6.69. The van der Waals surface area contributed by atoms with Gasteiger partial charge in [0, 0.05) is 6.04 Å². The van der Waals surface area contributed by atoms with Crippen LogP contribution >= 0.6 is 0 Å². The van der Waals surface area contributed by atoms with Crippen molar-refractivity contribution < 1.29 is 0 Å². The van der Waals surface area contributed by atoms with Gasteiger partial charge in [0.2, 0.25) is 0 Å². The highest BCUT2D eigenvalue weighted by molar-refractivity contribution is 5.17. The second-order valence-corrected chi connectivity index (χ2v) is 7.02. The Kier molecular flexibility index (Phi) is 1.89. The molecular weight excluding hydrogens is 182 g/mol. The lowest BCUT2D eigenvalue weighted by Gasteiger charge is -2.47. The van der Waals surface area contributed by atoms with Crippen molar-refractivity contribution in [2.24, 2.45) is 22.7 Å². The first kappa shape index (κ1) is 10.1. The summed E-state index contributed by atoms with van der Waals surface area (Å²) >= 11 is 0. The molecule has 15 heavy (non-hydrogen) atoms. The van der Waals surface area contributed by atoms with Crippen LogP contribution in [0.25, 0.3) is 0 Å². The van der Waals surface area contributed by atoms with E-state index in [-0.39, 0.29) is 0 Å². The fourth-order valence-electron chi connectivity index (χ4n) is 5.42. The van der Waals surface area contributed by atoms with E-state index in [1.54, 1.807) is 0 Å². The van der Waals surface area contributed by atoms with E-state index in [1.807, 2.05) is 0 Å². The van der Waals surface area contributed by atoms with Gasteiger partial charge in [-0.25, -0.2) is 0 Å². The number of nitrogens with zero attached hydrogens (tertiary/aromatic N) is 1. The molecule has 3 aliphatic rings. The van der Waals surface area contributed by atoms with Crippen molar-refractivity contribution in [2.75, 3.05) is 13.6 Å². The molecule has 0 amide bonds. The lowest BCUT2D eigenvalue weighted by Crippen LogP contribution is -2.51. The van der Waals surface area contributed by atoms with Gasteiger partial charge in [0.15, 0.2) is 0 Å². The minimum atomic E-state index is 0.584. The molecular formula is C14H25N. The molecule has 1 aliphatic heterocycles. The van der Waals surface area contributed by atoms with Crippen molar-refractivity contribution >= 4 is 0 Å². The average molecular weight is 207 g/mol. The lowest BCUT2D eigenvalue weighted by atomic mass is 9.68. The minimum absolute atomic E-state index is 0.584. The Hall–Kier alpha value is -0.0400. The monoisotopic (exact) mass is 207 g/mol. The van der Waals surface area contributed by atoms with Crippen LogP contribution in [0.5, 0.6) is 0 Å². The fraction of sp³-hybridized carbons (Fsp3) is 1.00. The molecule has 4 atom stereocenters. The fourth-order valence-corrected chi connectivity index (χ4v) is 5.42. The molecule has 0 aromatic carbocycles. The highest BCUT2D eigenvalue weighted by Gasteiger charge is 2.66.